The predicted octanol–water partition coefficient (Wildman–Crippen LogP) is 0.0207. The van der Waals surface area contributed by atoms with E-state index in [0.717, 1.165) is 19.6 Å². The van der Waals surface area contributed by atoms with Crippen molar-refractivity contribution in [2.45, 2.75) is 6.92 Å². The number of hydrogen-bond acceptors (Lipinski definition) is 4. The summed E-state index contributed by atoms with van der Waals surface area (Å²) in [5.41, 5.74) is 2.73. The molecule has 0 unspecified atom stereocenters. The maximum absolute atomic E-state index is 4.98. The molecule has 0 bridgehead atoms. The van der Waals surface area contributed by atoms with E-state index in [1.165, 1.54) is 0 Å². The summed E-state index contributed by atoms with van der Waals surface area (Å²) in [4.78, 5) is 9.63. The van der Waals surface area contributed by atoms with Gasteiger partial charge in [0.2, 0.25) is 0 Å². The lowest BCUT2D eigenvalue weighted by molar-refractivity contribution is -0.130. The van der Waals surface area contributed by atoms with Gasteiger partial charge in [-0.3, -0.25) is 0 Å². The zero-order valence-corrected chi connectivity index (χ0v) is 6.89. The van der Waals surface area contributed by atoms with Crippen molar-refractivity contribution in [3.05, 3.63) is 0 Å². The van der Waals surface area contributed by atoms with Gasteiger partial charge in [0.25, 0.3) is 0 Å². The molecule has 0 aromatic carbocycles. The number of nitrogens with one attached hydrogen (secondary N) is 1. The van der Waals surface area contributed by atoms with Crippen molar-refractivity contribution in [3.63, 3.8) is 0 Å². The standard InChI is InChI=1S/C6H16N2O2/c1-4-8(10-3)6-5-7-9-2/h7H,4-6H2,1-3H3. The Morgan fingerprint density at radius 1 is 1.40 bits per heavy atom. The molecule has 0 heterocycles. The van der Waals surface area contributed by atoms with Crippen molar-refractivity contribution in [1.29, 1.82) is 0 Å². The molecule has 0 aliphatic rings. The highest BCUT2D eigenvalue weighted by molar-refractivity contribution is 4.41. The van der Waals surface area contributed by atoms with Crippen molar-refractivity contribution < 1.29 is 9.68 Å². The highest BCUT2D eigenvalue weighted by atomic mass is 16.7. The summed E-state index contributed by atoms with van der Waals surface area (Å²) in [5, 5.41) is 1.84. The molecule has 0 amide bonds. The van der Waals surface area contributed by atoms with Gasteiger partial charge in [-0.05, 0) is 0 Å². The Balaban J connectivity index is 3.09. The van der Waals surface area contributed by atoms with Crippen LogP contribution in [0, 0.1) is 0 Å². The molecule has 0 fully saturated rings. The van der Waals surface area contributed by atoms with Crippen molar-refractivity contribution in [2.75, 3.05) is 33.9 Å². The molecule has 4 heteroatoms. The number of nitrogens with zero attached hydrogens (tertiary/aromatic N) is 1. The SMILES string of the molecule is CCN(CCNOC)OC. The fraction of sp³-hybridized carbons (Fsp3) is 1.00. The summed E-state index contributed by atoms with van der Waals surface area (Å²) in [5.74, 6) is 0. The molecule has 0 saturated heterocycles. The molecular formula is C6H16N2O2. The molecule has 0 radical (unpaired) electrons. The average molecular weight is 148 g/mol. The van der Waals surface area contributed by atoms with E-state index in [1.807, 2.05) is 12.0 Å². The Kier molecular flexibility index (Phi) is 6.84. The van der Waals surface area contributed by atoms with Crippen LogP contribution in [0.15, 0.2) is 0 Å². The maximum Gasteiger partial charge on any atom is 0.0575 e. The van der Waals surface area contributed by atoms with E-state index in [1.54, 1.807) is 14.2 Å². The molecule has 10 heavy (non-hydrogen) atoms. The van der Waals surface area contributed by atoms with Crippen LogP contribution in [0.3, 0.4) is 0 Å². The molecular weight excluding hydrogens is 132 g/mol. The number of likely N-dealkylation sites (N-methyl/N-ethyl adjacent to an activating group) is 1. The Morgan fingerprint density at radius 3 is 2.50 bits per heavy atom. The van der Waals surface area contributed by atoms with Crippen molar-refractivity contribution in [2.24, 2.45) is 0 Å². The summed E-state index contributed by atoms with van der Waals surface area (Å²) in [6, 6.07) is 0. The third-order valence-corrected chi connectivity index (χ3v) is 1.22. The van der Waals surface area contributed by atoms with Crippen LogP contribution in [-0.2, 0) is 9.68 Å². The molecule has 1 N–H and O–H groups in total. The lowest BCUT2D eigenvalue weighted by Crippen LogP contribution is -2.30. The second kappa shape index (κ2) is 6.95. The molecule has 0 spiro atoms. The largest absolute Gasteiger partial charge is 0.305 e. The predicted molar refractivity (Wildman–Crippen MR) is 39.3 cm³/mol. The van der Waals surface area contributed by atoms with Gasteiger partial charge in [0, 0.05) is 19.6 Å². The maximum atomic E-state index is 4.98. The number of hydroxylamine groups is 3. The normalized spacial score (nSPS) is 10.8. The van der Waals surface area contributed by atoms with Crippen molar-refractivity contribution in [1.82, 2.24) is 10.5 Å². The minimum absolute atomic E-state index is 0.776. The van der Waals surface area contributed by atoms with Gasteiger partial charge in [0.05, 0.1) is 14.2 Å². The van der Waals surface area contributed by atoms with Crippen molar-refractivity contribution >= 4 is 0 Å². The lowest BCUT2D eigenvalue weighted by Gasteiger charge is -2.16. The fourth-order valence-electron chi connectivity index (χ4n) is 0.651. The van der Waals surface area contributed by atoms with Crippen LogP contribution in [0.1, 0.15) is 6.92 Å². The molecule has 0 aromatic heterocycles. The van der Waals surface area contributed by atoms with Gasteiger partial charge in [0.1, 0.15) is 0 Å². The minimum atomic E-state index is 0.776. The summed E-state index contributed by atoms with van der Waals surface area (Å²) in [7, 11) is 3.26. The molecule has 0 rings (SSSR count). The van der Waals surface area contributed by atoms with Crippen LogP contribution in [0.4, 0.5) is 0 Å². The summed E-state index contributed by atoms with van der Waals surface area (Å²) < 4.78 is 0. The first kappa shape index (κ1) is 9.84. The van der Waals surface area contributed by atoms with Crippen LogP contribution in [0.25, 0.3) is 0 Å². The smallest absolute Gasteiger partial charge is 0.0575 e. The van der Waals surface area contributed by atoms with Gasteiger partial charge in [-0.2, -0.15) is 5.06 Å². The first-order valence-electron chi connectivity index (χ1n) is 3.40. The minimum Gasteiger partial charge on any atom is -0.305 e. The van der Waals surface area contributed by atoms with Gasteiger partial charge < -0.3 is 9.68 Å². The van der Waals surface area contributed by atoms with E-state index < -0.39 is 0 Å². The van der Waals surface area contributed by atoms with E-state index in [9.17, 15) is 0 Å². The summed E-state index contributed by atoms with van der Waals surface area (Å²) in [6.07, 6.45) is 0. The Bertz CT molecular complexity index is 66.8. The fourth-order valence-corrected chi connectivity index (χ4v) is 0.651. The third kappa shape index (κ3) is 4.69. The zero-order chi connectivity index (χ0) is 7.82. The highest BCUT2D eigenvalue weighted by Crippen LogP contribution is 1.83. The van der Waals surface area contributed by atoms with Gasteiger partial charge in [-0.15, -0.1) is 0 Å². The van der Waals surface area contributed by atoms with Gasteiger partial charge in [-0.25, -0.2) is 5.48 Å². The van der Waals surface area contributed by atoms with Crippen LogP contribution >= 0.6 is 0 Å². The quantitative estimate of drug-likeness (QED) is 0.425. The van der Waals surface area contributed by atoms with Crippen molar-refractivity contribution in [3.8, 4) is 0 Å². The van der Waals surface area contributed by atoms with E-state index in [4.69, 9.17) is 4.84 Å². The lowest BCUT2D eigenvalue weighted by atomic mass is 10.6. The molecule has 4 nitrogen and oxygen atoms in total. The van der Waals surface area contributed by atoms with E-state index in [-0.39, 0.29) is 0 Å². The topological polar surface area (TPSA) is 33.7 Å². The molecule has 0 aliphatic carbocycles. The van der Waals surface area contributed by atoms with Crippen LogP contribution in [0.2, 0.25) is 0 Å². The van der Waals surface area contributed by atoms with Crippen LogP contribution in [0.5, 0.6) is 0 Å². The first-order chi connectivity index (χ1) is 4.85. The van der Waals surface area contributed by atoms with Crippen LogP contribution in [-0.4, -0.2) is 38.9 Å². The monoisotopic (exact) mass is 148 g/mol. The van der Waals surface area contributed by atoms with E-state index >= 15 is 0 Å². The summed E-state index contributed by atoms with van der Waals surface area (Å²) in [6.45, 7) is 4.54. The Hall–Kier alpha value is -0.160. The van der Waals surface area contributed by atoms with Gasteiger partial charge in [0.15, 0.2) is 0 Å². The Morgan fingerprint density at radius 2 is 2.10 bits per heavy atom. The van der Waals surface area contributed by atoms with Crippen LogP contribution < -0.4 is 5.48 Å². The first-order valence-corrected chi connectivity index (χ1v) is 3.40. The molecule has 0 aromatic rings. The molecule has 0 saturated carbocycles. The average Bonchev–Trinajstić information content (AvgIpc) is 1.99. The van der Waals surface area contributed by atoms with E-state index in [2.05, 4.69) is 10.3 Å². The Labute approximate surface area is 62.0 Å². The number of rotatable bonds is 6. The molecule has 0 aliphatic heterocycles. The van der Waals surface area contributed by atoms with Gasteiger partial charge in [-0.1, -0.05) is 6.92 Å². The highest BCUT2D eigenvalue weighted by Gasteiger charge is 1.96. The number of hydrogen-bond donors (Lipinski definition) is 1. The third-order valence-electron chi connectivity index (χ3n) is 1.22. The van der Waals surface area contributed by atoms with E-state index in [0.29, 0.717) is 0 Å². The zero-order valence-electron chi connectivity index (χ0n) is 6.89. The molecule has 62 valence electrons. The molecule has 0 atom stereocenters. The summed E-state index contributed by atoms with van der Waals surface area (Å²) >= 11 is 0. The second-order valence-corrected chi connectivity index (χ2v) is 1.80. The van der Waals surface area contributed by atoms with Gasteiger partial charge >= 0.3 is 0 Å². The second-order valence-electron chi connectivity index (χ2n) is 1.80.